The van der Waals surface area contributed by atoms with E-state index in [4.69, 9.17) is 0 Å². The van der Waals surface area contributed by atoms with Gasteiger partial charge in [-0.15, -0.1) is 0 Å². The number of hydrogen-bond donors (Lipinski definition) is 0. The fraction of sp³-hybridized carbons (Fsp3) is 0.714. The molecular weight excluding hydrogens is 294 g/mol. The SMILES string of the molecule is CCc1c(CN(C)C)c(CC)c(CN(C)C)c(CC)c1CN(C)C. The van der Waals surface area contributed by atoms with E-state index in [2.05, 4.69) is 77.8 Å². The molecule has 3 heteroatoms. The van der Waals surface area contributed by atoms with Crippen LogP contribution < -0.4 is 0 Å². The van der Waals surface area contributed by atoms with E-state index in [9.17, 15) is 0 Å². The molecule has 0 aliphatic carbocycles. The number of benzene rings is 1. The number of hydrogen-bond acceptors (Lipinski definition) is 3. The first-order chi connectivity index (χ1) is 11.3. The normalized spacial score (nSPS) is 12.0. The minimum atomic E-state index is 1.04. The zero-order valence-corrected chi connectivity index (χ0v) is 17.6. The van der Waals surface area contributed by atoms with E-state index in [0.29, 0.717) is 0 Å². The Morgan fingerprint density at radius 3 is 0.750 bits per heavy atom. The fourth-order valence-electron chi connectivity index (χ4n) is 3.89. The van der Waals surface area contributed by atoms with Gasteiger partial charge in [-0.2, -0.15) is 0 Å². The largest absolute Gasteiger partial charge is 0.305 e. The Morgan fingerprint density at radius 2 is 0.625 bits per heavy atom. The van der Waals surface area contributed by atoms with E-state index < -0.39 is 0 Å². The lowest BCUT2D eigenvalue weighted by Gasteiger charge is -2.29. The molecule has 0 amide bonds. The molecule has 0 aliphatic heterocycles. The van der Waals surface area contributed by atoms with Gasteiger partial charge in [-0.25, -0.2) is 0 Å². The van der Waals surface area contributed by atoms with E-state index in [-0.39, 0.29) is 0 Å². The second-order valence-corrected chi connectivity index (χ2v) is 7.65. The second-order valence-electron chi connectivity index (χ2n) is 7.65. The molecular formula is C21H39N3. The number of rotatable bonds is 9. The van der Waals surface area contributed by atoms with Crippen LogP contribution in [0.25, 0.3) is 0 Å². The molecule has 24 heavy (non-hydrogen) atoms. The second kappa shape index (κ2) is 9.55. The van der Waals surface area contributed by atoms with Crippen molar-refractivity contribution in [2.45, 2.75) is 59.7 Å². The van der Waals surface area contributed by atoms with Gasteiger partial charge in [-0.3, -0.25) is 0 Å². The lowest BCUT2D eigenvalue weighted by molar-refractivity contribution is 0.381. The summed E-state index contributed by atoms with van der Waals surface area (Å²) in [5.41, 5.74) is 9.51. The zero-order valence-electron chi connectivity index (χ0n) is 17.6. The zero-order chi connectivity index (χ0) is 18.4. The Balaban J connectivity index is 3.77. The van der Waals surface area contributed by atoms with Crippen molar-refractivity contribution in [2.75, 3.05) is 42.3 Å². The minimum absolute atomic E-state index is 1.04. The third kappa shape index (κ3) is 5.05. The maximum atomic E-state index is 2.32. The molecule has 0 aliphatic rings. The van der Waals surface area contributed by atoms with Crippen LogP contribution in [0.1, 0.15) is 54.2 Å². The summed E-state index contributed by atoms with van der Waals surface area (Å²) in [5, 5.41) is 0. The van der Waals surface area contributed by atoms with Gasteiger partial charge in [0.2, 0.25) is 0 Å². The maximum absolute atomic E-state index is 2.32. The van der Waals surface area contributed by atoms with Gasteiger partial charge in [0, 0.05) is 19.6 Å². The van der Waals surface area contributed by atoms with E-state index in [1.807, 2.05) is 0 Å². The molecule has 1 rings (SSSR count). The molecule has 0 radical (unpaired) electrons. The molecule has 0 atom stereocenters. The number of nitrogens with zero attached hydrogens (tertiary/aromatic N) is 3. The van der Waals surface area contributed by atoms with Crippen molar-refractivity contribution in [3.63, 3.8) is 0 Å². The Bertz CT molecular complexity index is 433. The van der Waals surface area contributed by atoms with Crippen molar-refractivity contribution in [3.05, 3.63) is 33.4 Å². The predicted molar refractivity (Wildman–Crippen MR) is 107 cm³/mol. The summed E-state index contributed by atoms with van der Waals surface area (Å²) >= 11 is 0. The summed E-state index contributed by atoms with van der Waals surface area (Å²) in [5.74, 6) is 0. The molecule has 0 unspecified atom stereocenters. The van der Waals surface area contributed by atoms with Gasteiger partial charge in [0.25, 0.3) is 0 Å². The summed E-state index contributed by atoms with van der Waals surface area (Å²) in [4.78, 5) is 6.95. The Morgan fingerprint density at radius 1 is 0.417 bits per heavy atom. The van der Waals surface area contributed by atoms with Crippen molar-refractivity contribution in [1.82, 2.24) is 14.7 Å². The van der Waals surface area contributed by atoms with E-state index in [1.165, 1.54) is 0 Å². The molecule has 0 saturated carbocycles. The first-order valence-corrected chi connectivity index (χ1v) is 9.37. The highest BCUT2D eigenvalue weighted by molar-refractivity contribution is 5.52. The third-order valence-electron chi connectivity index (χ3n) is 4.67. The highest BCUT2D eigenvalue weighted by Gasteiger charge is 2.22. The first-order valence-electron chi connectivity index (χ1n) is 9.37. The third-order valence-corrected chi connectivity index (χ3v) is 4.67. The molecule has 0 N–H and O–H groups in total. The van der Waals surface area contributed by atoms with Crippen LogP contribution in [0.5, 0.6) is 0 Å². The summed E-state index contributed by atoms with van der Waals surface area (Å²) in [6.07, 6.45) is 3.36. The maximum Gasteiger partial charge on any atom is 0.0233 e. The molecule has 3 nitrogen and oxygen atoms in total. The lowest BCUT2D eigenvalue weighted by Crippen LogP contribution is -2.24. The molecule has 0 spiro atoms. The predicted octanol–water partition coefficient (Wildman–Crippen LogP) is 3.56. The molecule has 1 aromatic rings. The topological polar surface area (TPSA) is 9.72 Å². The Hall–Kier alpha value is -0.900. The van der Waals surface area contributed by atoms with Crippen LogP contribution in [0.3, 0.4) is 0 Å². The van der Waals surface area contributed by atoms with Crippen LogP contribution in [-0.4, -0.2) is 57.0 Å². The van der Waals surface area contributed by atoms with Crippen molar-refractivity contribution in [3.8, 4) is 0 Å². The van der Waals surface area contributed by atoms with Crippen LogP contribution >= 0.6 is 0 Å². The summed E-state index contributed by atoms with van der Waals surface area (Å²) in [6, 6.07) is 0. The quantitative estimate of drug-likeness (QED) is 0.684. The van der Waals surface area contributed by atoms with E-state index >= 15 is 0 Å². The van der Waals surface area contributed by atoms with Crippen molar-refractivity contribution < 1.29 is 0 Å². The van der Waals surface area contributed by atoms with Gasteiger partial charge < -0.3 is 14.7 Å². The Kier molecular flexibility index (Phi) is 8.41. The van der Waals surface area contributed by atoms with Gasteiger partial charge in [-0.05, 0) is 94.9 Å². The molecule has 1 aromatic carbocycles. The smallest absolute Gasteiger partial charge is 0.0233 e. The van der Waals surface area contributed by atoms with Gasteiger partial charge in [0.15, 0.2) is 0 Å². The molecule has 0 fully saturated rings. The molecule has 0 saturated heterocycles. The molecule has 0 bridgehead atoms. The van der Waals surface area contributed by atoms with Crippen LogP contribution in [0.15, 0.2) is 0 Å². The van der Waals surface area contributed by atoms with Crippen LogP contribution in [0, 0.1) is 0 Å². The van der Waals surface area contributed by atoms with E-state index in [1.54, 1.807) is 33.4 Å². The van der Waals surface area contributed by atoms with E-state index in [0.717, 1.165) is 38.9 Å². The standard InChI is InChI=1S/C21H39N3/c1-10-16-19(13-22(4)5)17(11-2)21(15-24(8)9)18(12-3)20(16)14-23(6)7/h10-15H2,1-9H3. The summed E-state index contributed by atoms with van der Waals surface area (Å²) in [7, 11) is 13.1. The molecule has 0 aromatic heterocycles. The fourth-order valence-corrected chi connectivity index (χ4v) is 3.89. The average Bonchev–Trinajstić information content (AvgIpc) is 2.46. The average molecular weight is 334 g/mol. The highest BCUT2D eigenvalue weighted by atomic mass is 15.1. The highest BCUT2D eigenvalue weighted by Crippen LogP contribution is 2.32. The van der Waals surface area contributed by atoms with Crippen LogP contribution in [0.2, 0.25) is 0 Å². The Labute approximate surface area is 150 Å². The minimum Gasteiger partial charge on any atom is -0.305 e. The van der Waals surface area contributed by atoms with Gasteiger partial charge in [0.05, 0.1) is 0 Å². The van der Waals surface area contributed by atoms with Crippen LogP contribution in [0.4, 0.5) is 0 Å². The molecule has 138 valence electrons. The lowest BCUT2D eigenvalue weighted by atomic mass is 9.82. The first kappa shape index (κ1) is 21.1. The monoisotopic (exact) mass is 333 g/mol. The van der Waals surface area contributed by atoms with Gasteiger partial charge in [0.1, 0.15) is 0 Å². The van der Waals surface area contributed by atoms with Gasteiger partial charge >= 0.3 is 0 Å². The summed E-state index contributed by atoms with van der Waals surface area (Å²) in [6.45, 7) is 10.1. The molecule has 0 heterocycles. The van der Waals surface area contributed by atoms with Crippen LogP contribution in [-0.2, 0) is 38.9 Å². The van der Waals surface area contributed by atoms with Crippen molar-refractivity contribution in [1.29, 1.82) is 0 Å². The summed E-state index contributed by atoms with van der Waals surface area (Å²) < 4.78 is 0. The van der Waals surface area contributed by atoms with Gasteiger partial charge in [-0.1, -0.05) is 20.8 Å². The van der Waals surface area contributed by atoms with Crippen molar-refractivity contribution >= 4 is 0 Å². The van der Waals surface area contributed by atoms with Crippen molar-refractivity contribution in [2.24, 2.45) is 0 Å².